The molecule has 0 radical (unpaired) electrons. The Morgan fingerprint density at radius 1 is 1.16 bits per heavy atom. The highest BCUT2D eigenvalue weighted by Gasteiger charge is 2.18. The van der Waals surface area contributed by atoms with E-state index in [1.165, 1.54) is 19.2 Å². The summed E-state index contributed by atoms with van der Waals surface area (Å²) in [5, 5.41) is 0. The van der Waals surface area contributed by atoms with Crippen LogP contribution in [0.4, 0.5) is 0 Å². The first kappa shape index (κ1) is 15.9. The number of methoxy groups -OCH3 is 1. The van der Waals surface area contributed by atoms with Crippen LogP contribution >= 0.6 is 0 Å². The number of hydrogen-bond donors (Lipinski definition) is 0. The summed E-state index contributed by atoms with van der Waals surface area (Å²) >= 11 is 0. The predicted octanol–water partition coefficient (Wildman–Crippen LogP) is 2.68. The van der Waals surface area contributed by atoms with E-state index in [4.69, 9.17) is 0 Å². The van der Waals surface area contributed by atoms with Crippen molar-refractivity contribution < 1.29 is 17.9 Å². The predicted molar refractivity (Wildman–Crippen MR) is 73.9 cm³/mol. The highest BCUT2D eigenvalue weighted by molar-refractivity contribution is 7.91. The van der Waals surface area contributed by atoms with Crippen LogP contribution in [0.3, 0.4) is 0 Å². The Morgan fingerprint density at radius 3 is 2.11 bits per heavy atom. The van der Waals surface area contributed by atoms with Crippen molar-refractivity contribution in [2.45, 2.75) is 31.6 Å². The number of rotatable bonds is 7. The second kappa shape index (κ2) is 6.82. The summed E-state index contributed by atoms with van der Waals surface area (Å²) in [6, 6.07) is 6.07. The number of carbonyl (C=O) groups is 1. The van der Waals surface area contributed by atoms with E-state index < -0.39 is 9.84 Å². The normalized spacial score (nSPS) is 11.8. The van der Waals surface area contributed by atoms with Crippen LogP contribution in [0, 0.1) is 5.92 Å². The van der Waals surface area contributed by atoms with Crippen molar-refractivity contribution in [3.05, 3.63) is 29.8 Å². The van der Waals surface area contributed by atoms with Gasteiger partial charge in [0.05, 0.1) is 4.90 Å². The van der Waals surface area contributed by atoms with E-state index in [0.29, 0.717) is 5.56 Å². The lowest BCUT2D eigenvalue weighted by Crippen LogP contribution is -2.13. The first-order valence-corrected chi connectivity index (χ1v) is 7.97. The molecule has 0 aliphatic rings. The fraction of sp³-hybridized carbons (Fsp3) is 0.500. The van der Waals surface area contributed by atoms with Gasteiger partial charge in [-0.25, -0.2) is 8.42 Å². The van der Waals surface area contributed by atoms with E-state index in [9.17, 15) is 13.2 Å². The average molecular weight is 284 g/mol. The molecule has 1 aromatic carbocycles. The summed E-state index contributed by atoms with van der Waals surface area (Å²) in [5.41, 5.74) is 0.560. The molecule has 0 aliphatic carbocycles. The monoisotopic (exact) mass is 284 g/mol. The first-order valence-electron chi connectivity index (χ1n) is 6.32. The molecule has 0 heterocycles. The zero-order valence-electron chi connectivity index (χ0n) is 11.5. The van der Waals surface area contributed by atoms with E-state index in [1.807, 2.05) is 13.8 Å². The van der Waals surface area contributed by atoms with Gasteiger partial charge in [0.15, 0.2) is 11.7 Å². The van der Waals surface area contributed by atoms with Gasteiger partial charge >= 0.3 is 0 Å². The smallest absolute Gasteiger partial charge is 0.202 e. The van der Waals surface area contributed by atoms with Gasteiger partial charge in [-0.05, 0) is 25.0 Å². The molecule has 0 amide bonds. The van der Waals surface area contributed by atoms with Crippen molar-refractivity contribution in [3.63, 3.8) is 0 Å². The van der Waals surface area contributed by atoms with Crippen molar-refractivity contribution in [3.8, 4) is 0 Å². The van der Waals surface area contributed by atoms with E-state index in [0.717, 1.165) is 12.8 Å². The lowest BCUT2D eigenvalue weighted by atomic mass is 9.93. The molecule has 0 aliphatic heterocycles. The van der Waals surface area contributed by atoms with Gasteiger partial charge in [-0.1, -0.05) is 26.0 Å². The number of sulfone groups is 1. The molecule has 1 aromatic rings. The van der Waals surface area contributed by atoms with Crippen LogP contribution in [0.2, 0.25) is 0 Å². The van der Waals surface area contributed by atoms with E-state index in [1.54, 1.807) is 12.1 Å². The molecule has 0 atom stereocenters. The molecule has 4 nitrogen and oxygen atoms in total. The maximum atomic E-state index is 12.1. The largest absolute Gasteiger partial charge is 0.368 e. The summed E-state index contributed by atoms with van der Waals surface area (Å²) in [7, 11) is -2.08. The Morgan fingerprint density at radius 2 is 1.68 bits per heavy atom. The highest BCUT2D eigenvalue weighted by Crippen LogP contribution is 2.18. The minimum atomic E-state index is -3.42. The first-order chi connectivity index (χ1) is 8.96. The van der Waals surface area contributed by atoms with Crippen LogP contribution in [0.5, 0.6) is 0 Å². The molecule has 0 saturated carbocycles. The van der Waals surface area contributed by atoms with Gasteiger partial charge in [-0.15, -0.1) is 0 Å². The van der Waals surface area contributed by atoms with Crippen LogP contribution in [-0.4, -0.2) is 27.2 Å². The molecule has 0 fully saturated rings. The lowest BCUT2D eigenvalue weighted by Gasteiger charge is -2.11. The highest BCUT2D eigenvalue weighted by atomic mass is 32.2. The molecule has 0 aromatic heterocycles. The van der Waals surface area contributed by atoms with Gasteiger partial charge in [0, 0.05) is 18.6 Å². The maximum Gasteiger partial charge on any atom is 0.202 e. The molecule has 0 spiro atoms. The SMILES string of the molecule is CCC(CC)C(=O)c1ccc(S(=O)(=O)COC)cc1. The summed E-state index contributed by atoms with van der Waals surface area (Å²) < 4.78 is 28.2. The van der Waals surface area contributed by atoms with Crippen molar-refractivity contribution in [1.29, 1.82) is 0 Å². The Labute approximate surface area is 114 Å². The van der Waals surface area contributed by atoms with Crippen molar-refractivity contribution in [2.75, 3.05) is 13.0 Å². The number of ketones is 1. The molecule has 0 unspecified atom stereocenters. The van der Waals surface area contributed by atoms with Crippen LogP contribution < -0.4 is 0 Å². The molecular formula is C14H20O4S. The second-order valence-electron chi connectivity index (χ2n) is 4.42. The van der Waals surface area contributed by atoms with E-state index >= 15 is 0 Å². The second-order valence-corrected chi connectivity index (χ2v) is 6.36. The van der Waals surface area contributed by atoms with Crippen LogP contribution in [0.25, 0.3) is 0 Å². The van der Waals surface area contributed by atoms with Gasteiger partial charge in [0.2, 0.25) is 9.84 Å². The molecular weight excluding hydrogens is 264 g/mol. The zero-order chi connectivity index (χ0) is 14.5. The van der Waals surface area contributed by atoms with Gasteiger partial charge in [-0.2, -0.15) is 0 Å². The lowest BCUT2D eigenvalue weighted by molar-refractivity contribution is 0.0913. The maximum absolute atomic E-state index is 12.1. The summed E-state index contributed by atoms with van der Waals surface area (Å²) in [6.45, 7) is 3.95. The van der Waals surface area contributed by atoms with E-state index in [-0.39, 0.29) is 22.5 Å². The quantitative estimate of drug-likeness (QED) is 0.722. The fourth-order valence-corrected chi connectivity index (χ4v) is 2.94. The van der Waals surface area contributed by atoms with E-state index in [2.05, 4.69) is 4.74 Å². The molecule has 106 valence electrons. The van der Waals surface area contributed by atoms with Crippen molar-refractivity contribution in [1.82, 2.24) is 0 Å². The average Bonchev–Trinajstić information content (AvgIpc) is 2.40. The Kier molecular flexibility index (Phi) is 5.69. The van der Waals surface area contributed by atoms with Gasteiger partial charge in [0.1, 0.15) is 0 Å². The Bertz CT molecular complexity index is 513. The summed E-state index contributed by atoms with van der Waals surface area (Å²) in [6.07, 6.45) is 1.58. The number of hydrogen-bond acceptors (Lipinski definition) is 4. The van der Waals surface area contributed by atoms with Gasteiger partial charge < -0.3 is 4.74 Å². The van der Waals surface area contributed by atoms with Crippen LogP contribution in [0.1, 0.15) is 37.0 Å². The van der Waals surface area contributed by atoms with Crippen LogP contribution in [-0.2, 0) is 14.6 Å². The summed E-state index contributed by atoms with van der Waals surface area (Å²) in [4.78, 5) is 12.3. The van der Waals surface area contributed by atoms with Crippen molar-refractivity contribution >= 4 is 15.6 Å². The number of benzene rings is 1. The summed E-state index contributed by atoms with van der Waals surface area (Å²) in [5.74, 6) is -0.283. The molecule has 5 heteroatoms. The number of ether oxygens (including phenoxy) is 1. The Hall–Kier alpha value is -1.20. The minimum Gasteiger partial charge on any atom is -0.368 e. The fourth-order valence-electron chi connectivity index (χ4n) is 1.94. The standard InChI is InChI=1S/C14H20O4S/c1-4-11(5-2)14(15)12-6-8-13(9-7-12)19(16,17)10-18-3/h6-9,11H,4-5,10H2,1-3H3. The topological polar surface area (TPSA) is 60.4 Å². The molecule has 19 heavy (non-hydrogen) atoms. The van der Waals surface area contributed by atoms with Crippen molar-refractivity contribution in [2.24, 2.45) is 5.92 Å². The number of carbonyl (C=O) groups excluding carboxylic acids is 1. The third-order valence-corrected chi connectivity index (χ3v) is 4.66. The van der Waals surface area contributed by atoms with Crippen LogP contribution in [0.15, 0.2) is 29.2 Å². The molecule has 0 N–H and O–H groups in total. The molecule has 0 saturated heterocycles. The molecule has 1 rings (SSSR count). The van der Waals surface area contributed by atoms with Gasteiger partial charge in [0.25, 0.3) is 0 Å². The zero-order valence-corrected chi connectivity index (χ0v) is 12.4. The molecule has 0 bridgehead atoms. The van der Waals surface area contributed by atoms with Gasteiger partial charge in [-0.3, -0.25) is 4.79 Å². The Balaban J connectivity index is 2.97. The number of Topliss-reactive ketones (excluding diaryl/α,β-unsaturated/α-hetero) is 1. The minimum absolute atomic E-state index is 0.00133. The third kappa shape index (κ3) is 3.88. The third-order valence-electron chi connectivity index (χ3n) is 3.13.